The molecule has 0 spiro atoms. The van der Waals surface area contributed by atoms with Gasteiger partial charge in [-0.3, -0.25) is 0 Å². The first-order valence-corrected chi connectivity index (χ1v) is 6.33. The van der Waals surface area contributed by atoms with E-state index < -0.39 is 0 Å². The van der Waals surface area contributed by atoms with Crippen LogP contribution in [-0.4, -0.2) is 18.2 Å². The predicted octanol–water partition coefficient (Wildman–Crippen LogP) is 2.26. The zero-order chi connectivity index (χ0) is 11.9. The van der Waals surface area contributed by atoms with Gasteiger partial charge in [-0.1, -0.05) is 18.2 Å². The number of ether oxygens (including phenoxy) is 1. The molecule has 1 saturated heterocycles. The Morgan fingerprint density at radius 3 is 2.82 bits per heavy atom. The molecule has 2 unspecified atom stereocenters. The van der Waals surface area contributed by atoms with Crippen LogP contribution in [0, 0.1) is 11.7 Å². The molecule has 1 aliphatic heterocycles. The number of nitrogens with two attached hydrogens (primary N) is 1. The van der Waals surface area contributed by atoms with Gasteiger partial charge in [-0.15, -0.1) is 0 Å². The Morgan fingerprint density at radius 2 is 2.12 bits per heavy atom. The Hall–Kier alpha value is -0.930. The second-order valence-corrected chi connectivity index (χ2v) is 5.38. The molecule has 1 aromatic carbocycles. The molecular formula is C14H18FNO. The maximum absolute atomic E-state index is 13.7. The predicted molar refractivity (Wildman–Crippen MR) is 64.1 cm³/mol. The lowest BCUT2D eigenvalue weighted by Gasteiger charge is -2.30. The zero-order valence-corrected chi connectivity index (χ0v) is 9.86. The molecule has 0 bridgehead atoms. The van der Waals surface area contributed by atoms with Gasteiger partial charge in [0.25, 0.3) is 0 Å². The van der Waals surface area contributed by atoms with Crippen molar-refractivity contribution in [3.63, 3.8) is 0 Å². The van der Waals surface area contributed by atoms with Crippen molar-refractivity contribution in [2.45, 2.75) is 37.3 Å². The number of hydrogen-bond donors (Lipinski definition) is 1. The van der Waals surface area contributed by atoms with Crippen LogP contribution in [0.5, 0.6) is 0 Å². The smallest absolute Gasteiger partial charge is 0.126 e. The quantitative estimate of drug-likeness (QED) is 0.872. The van der Waals surface area contributed by atoms with Crippen LogP contribution in [0.3, 0.4) is 0 Å². The van der Waals surface area contributed by atoms with Crippen molar-refractivity contribution in [3.8, 4) is 0 Å². The molecule has 0 radical (unpaired) electrons. The van der Waals surface area contributed by atoms with E-state index in [1.165, 1.54) is 18.9 Å². The molecule has 2 fully saturated rings. The molecule has 1 aliphatic carbocycles. The molecule has 2 N–H and O–H groups in total. The summed E-state index contributed by atoms with van der Waals surface area (Å²) in [6.45, 7) is 0.714. The fourth-order valence-electron chi connectivity index (χ4n) is 2.87. The van der Waals surface area contributed by atoms with Crippen LogP contribution in [0.25, 0.3) is 0 Å². The SMILES string of the molecule is NC1(Cc2ccccc2F)CCOC1C1CC1. The number of benzene rings is 1. The maximum atomic E-state index is 13.7. The molecule has 1 aromatic rings. The van der Waals surface area contributed by atoms with Gasteiger partial charge in [0.05, 0.1) is 6.10 Å². The summed E-state index contributed by atoms with van der Waals surface area (Å²) < 4.78 is 19.4. The van der Waals surface area contributed by atoms with Crippen LogP contribution in [-0.2, 0) is 11.2 Å². The monoisotopic (exact) mass is 235 g/mol. The Morgan fingerprint density at radius 1 is 1.35 bits per heavy atom. The van der Waals surface area contributed by atoms with Gasteiger partial charge in [-0.2, -0.15) is 0 Å². The van der Waals surface area contributed by atoms with E-state index in [2.05, 4.69) is 0 Å². The van der Waals surface area contributed by atoms with Crippen LogP contribution in [0.2, 0.25) is 0 Å². The molecule has 2 nitrogen and oxygen atoms in total. The summed E-state index contributed by atoms with van der Waals surface area (Å²) in [6, 6.07) is 6.90. The Bertz CT molecular complexity index is 418. The average molecular weight is 235 g/mol. The molecule has 3 heteroatoms. The van der Waals surface area contributed by atoms with Gasteiger partial charge in [0, 0.05) is 12.1 Å². The number of rotatable bonds is 3. The van der Waals surface area contributed by atoms with Crippen molar-refractivity contribution in [2.24, 2.45) is 11.7 Å². The lowest BCUT2D eigenvalue weighted by Crippen LogP contribution is -2.50. The van der Waals surface area contributed by atoms with Gasteiger partial charge in [0.15, 0.2) is 0 Å². The number of hydrogen-bond acceptors (Lipinski definition) is 2. The van der Waals surface area contributed by atoms with E-state index >= 15 is 0 Å². The Balaban J connectivity index is 1.81. The minimum absolute atomic E-state index is 0.127. The van der Waals surface area contributed by atoms with Gasteiger partial charge in [0.1, 0.15) is 5.82 Å². The van der Waals surface area contributed by atoms with Crippen LogP contribution >= 0.6 is 0 Å². The fraction of sp³-hybridized carbons (Fsp3) is 0.571. The maximum Gasteiger partial charge on any atom is 0.126 e. The third-order valence-electron chi connectivity index (χ3n) is 3.96. The summed E-state index contributed by atoms with van der Waals surface area (Å²) in [5, 5.41) is 0. The third kappa shape index (κ3) is 2.09. The standard InChI is InChI=1S/C14H18FNO/c15-12-4-2-1-3-11(12)9-14(16)7-8-17-13(14)10-5-6-10/h1-4,10,13H,5-9,16H2. The molecule has 0 amide bonds. The first-order chi connectivity index (χ1) is 8.19. The van der Waals surface area contributed by atoms with E-state index in [1.807, 2.05) is 12.1 Å². The summed E-state index contributed by atoms with van der Waals surface area (Å²) in [5.41, 5.74) is 6.80. The molecule has 2 atom stereocenters. The van der Waals surface area contributed by atoms with E-state index in [-0.39, 0.29) is 17.5 Å². The molecule has 3 rings (SSSR count). The average Bonchev–Trinajstić information content (AvgIpc) is 3.07. The Kier molecular flexibility index (Phi) is 2.68. The van der Waals surface area contributed by atoms with E-state index in [4.69, 9.17) is 10.5 Å². The topological polar surface area (TPSA) is 35.2 Å². The zero-order valence-electron chi connectivity index (χ0n) is 9.86. The Labute approximate surface area is 101 Å². The van der Waals surface area contributed by atoms with Crippen molar-refractivity contribution in [3.05, 3.63) is 35.6 Å². The minimum Gasteiger partial charge on any atom is -0.376 e. The molecule has 92 valence electrons. The summed E-state index contributed by atoms with van der Waals surface area (Å²) in [5.74, 6) is 0.452. The summed E-state index contributed by atoms with van der Waals surface area (Å²) in [7, 11) is 0. The molecular weight excluding hydrogens is 217 g/mol. The van der Waals surface area contributed by atoms with Gasteiger partial charge in [0.2, 0.25) is 0 Å². The highest BCUT2D eigenvalue weighted by atomic mass is 19.1. The highest BCUT2D eigenvalue weighted by Crippen LogP contribution is 2.43. The van der Waals surface area contributed by atoms with Crippen LogP contribution in [0.4, 0.5) is 4.39 Å². The fourth-order valence-corrected chi connectivity index (χ4v) is 2.87. The van der Waals surface area contributed by atoms with Crippen molar-refractivity contribution in [1.29, 1.82) is 0 Å². The first-order valence-electron chi connectivity index (χ1n) is 6.33. The van der Waals surface area contributed by atoms with Crippen molar-refractivity contribution in [1.82, 2.24) is 0 Å². The van der Waals surface area contributed by atoms with E-state index in [0.717, 1.165) is 6.42 Å². The summed E-state index contributed by atoms with van der Waals surface area (Å²) in [4.78, 5) is 0. The first kappa shape index (κ1) is 11.2. The van der Waals surface area contributed by atoms with Crippen molar-refractivity contribution in [2.75, 3.05) is 6.61 Å². The molecule has 0 aromatic heterocycles. The second kappa shape index (κ2) is 4.07. The van der Waals surface area contributed by atoms with Crippen LogP contribution < -0.4 is 5.73 Å². The largest absolute Gasteiger partial charge is 0.376 e. The highest BCUT2D eigenvalue weighted by molar-refractivity contribution is 5.22. The van der Waals surface area contributed by atoms with Crippen LogP contribution in [0.15, 0.2) is 24.3 Å². The normalized spacial score (nSPS) is 32.9. The van der Waals surface area contributed by atoms with Gasteiger partial charge in [-0.25, -0.2) is 4.39 Å². The molecule has 2 aliphatic rings. The van der Waals surface area contributed by atoms with E-state index in [1.54, 1.807) is 6.07 Å². The minimum atomic E-state index is -0.372. The van der Waals surface area contributed by atoms with Crippen LogP contribution in [0.1, 0.15) is 24.8 Å². The van der Waals surface area contributed by atoms with E-state index in [0.29, 0.717) is 24.5 Å². The second-order valence-electron chi connectivity index (χ2n) is 5.38. The highest BCUT2D eigenvalue weighted by Gasteiger charge is 2.48. The lowest BCUT2D eigenvalue weighted by atomic mass is 9.83. The lowest BCUT2D eigenvalue weighted by molar-refractivity contribution is 0.0624. The molecule has 1 saturated carbocycles. The van der Waals surface area contributed by atoms with Gasteiger partial charge < -0.3 is 10.5 Å². The van der Waals surface area contributed by atoms with Gasteiger partial charge in [-0.05, 0) is 43.2 Å². The molecule has 1 heterocycles. The summed E-state index contributed by atoms with van der Waals surface area (Å²) >= 11 is 0. The van der Waals surface area contributed by atoms with Crippen molar-refractivity contribution >= 4 is 0 Å². The van der Waals surface area contributed by atoms with E-state index in [9.17, 15) is 4.39 Å². The third-order valence-corrected chi connectivity index (χ3v) is 3.96. The summed E-state index contributed by atoms with van der Waals surface area (Å²) in [6.07, 6.45) is 3.97. The van der Waals surface area contributed by atoms with Gasteiger partial charge >= 0.3 is 0 Å². The van der Waals surface area contributed by atoms with Crippen molar-refractivity contribution < 1.29 is 9.13 Å². The number of halogens is 1. The molecule has 17 heavy (non-hydrogen) atoms.